The second-order valence-electron chi connectivity index (χ2n) is 6.92. The summed E-state index contributed by atoms with van der Waals surface area (Å²) in [5, 5.41) is 41.4. The molecule has 10 nitrogen and oxygen atoms in total. The van der Waals surface area contributed by atoms with Crippen molar-refractivity contribution < 1.29 is 19.7 Å². The number of rotatable bonds is 7. The van der Waals surface area contributed by atoms with Crippen LogP contribution in [0, 0.1) is 11.3 Å². The van der Waals surface area contributed by atoms with Crippen molar-refractivity contribution in [2.75, 3.05) is 13.2 Å². The Bertz CT molecular complexity index is 1160. The molecule has 33 heavy (non-hydrogen) atoms. The van der Waals surface area contributed by atoms with E-state index in [1.165, 1.54) is 34.0 Å². The molecule has 1 fully saturated rings. The van der Waals surface area contributed by atoms with E-state index < -0.39 is 36.4 Å². The van der Waals surface area contributed by atoms with Crippen molar-refractivity contribution in [1.82, 2.24) is 25.0 Å². The smallest absolute Gasteiger partial charge is 0.154 e. The average molecular weight is 574 g/mol. The minimum atomic E-state index is -1.13. The summed E-state index contributed by atoms with van der Waals surface area (Å²) in [5.41, 5.74) is 0.0446. The van der Waals surface area contributed by atoms with Gasteiger partial charge in [-0.25, -0.2) is 14.6 Å². The highest BCUT2D eigenvalue weighted by Gasteiger charge is 2.48. The van der Waals surface area contributed by atoms with Crippen LogP contribution in [0.25, 0.3) is 10.7 Å². The number of thioether (sulfide) groups is 1. The van der Waals surface area contributed by atoms with Crippen molar-refractivity contribution in [1.29, 1.82) is 5.26 Å². The zero-order valence-electron chi connectivity index (χ0n) is 17.1. The van der Waals surface area contributed by atoms with Crippen LogP contribution in [0.3, 0.4) is 0 Å². The van der Waals surface area contributed by atoms with Gasteiger partial charge in [-0.15, -0.1) is 16.4 Å². The second-order valence-corrected chi connectivity index (χ2v) is 10.2. The zero-order valence-corrected chi connectivity index (χ0v) is 21.1. The topological polar surface area (TPSA) is 139 Å². The number of nitrogens with zero attached hydrogens (tertiary/aromatic N) is 6. The molecule has 0 spiro atoms. The van der Waals surface area contributed by atoms with E-state index in [2.05, 4.69) is 42.3 Å². The number of thiazole rings is 1. The number of hydrogen-bond acceptors (Lipinski definition) is 11. The molecule has 0 radical (unpaired) electrons. The van der Waals surface area contributed by atoms with Gasteiger partial charge in [0, 0.05) is 27.6 Å². The molecular weight excluding hydrogens is 556 g/mol. The van der Waals surface area contributed by atoms with Crippen LogP contribution >= 0.6 is 50.6 Å². The van der Waals surface area contributed by atoms with Crippen LogP contribution in [0.5, 0.6) is 0 Å². The quantitative estimate of drug-likeness (QED) is 0.434. The molecule has 14 heteroatoms. The van der Waals surface area contributed by atoms with Gasteiger partial charge in [0.05, 0.1) is 12.8 Å². The fourth-order valence-electron chi connectivity index (χ4n) is 3.44. The lowest BCUT2D eigenvalue weighted by atomic mass is 9.97. The molecule has 0 aliphatic carbocycles. The van der Waals surface area contributed by atoms with E-state index in [1.807, 2.05) is 6.92 Å². The second kappa shape index (κ2) is 10.7. The Hall–Kier alpha value is -1.63. The molecule has 0 amide bonds. The summed E-state index contributed by atoms with van der Waals surface area (Å²) >= 11 is 11.9. The minimum Gasteiger partial charge on any atom is -0.394 e. The molecule has 3 aromatic rings. The summed E-state index contributed by atoms with van der Waals surface area (Å²) in [5.74, 6) is 0. The molecular formula is C19H18BrClN6O4S2. The highest BCUT2D eigenvalue weighted by atomic mass is 79.9. The largest absolute Gasteiger partial charge is 0.394 e. The van der Waals surface area contributed by atoms with Crippen molar-refractivity contribution in [3.63, 3.8) is 0 Å². The lowest BCUT2D eigenvalue weighted by molar-refractivity contribution is -0.191. The van der Waals surface area contributed by atoms with Crippen molar-refractivity contribution in [3.8, 4) is 16.8 Å². The summed E-state index contributed by atoms with van der Waals surface area (Å²) in [7, 11) is 0. The lowest BCUT2D eigenvalue weighted by Gasteiger charge is -2.43. The third kappa shape index (κ3) is 5.23. The molecule has 4 heterocycles. The van der Waals surface area contributed by atoms with Gasteiger partial charge >= 0.3 is 0 Å². The van der Waals surface area contributed by atoms with Crippen LogP contribution in [0.2, 0.25) is 5.15 Å². The molecule has 1 aliphatic heterocycles. The first kappa shape index (κ1) is 24.5. The number of ether oxygens (including phenoxy) is 2. The van der Waals surface area contributed by atoms with Crippen LogP contribution in [0.15, 0.2) is 33.2 Å². The fourth-order valence-corrected chi connectivity index (χ4v) is 6.05. The van der Waals surface area contributed by atoms with Crippen LogP contribution in [-0.2, 0) is 9.47 Å². The maximum absolute atomic E-state index is 11.0. The predicted octanol–water partition coefficient (Wildman–Crippen LogP) is 2.90. The van der Waals surface area contributed by atoms with Gasteiger partial charge in [0.2, 0.25) is 0 Å². The zero-order chi connectivity index (χ0) is 23.5. The van der Waals surface area contributed by atoms with E-state index in [-0.39, 0.29) is 5.69 Å². The summed E-state index contributed by atoms with van der Waals surface area (Å²) in [6, 6.07) is 3.10. The third-order valence-corrected chi connectivity index (χ3v) is 7.66. The van der Waals surface area contributed by atoms with E-state index in [0.29, 0.717) is 31.8 Å². The first-order valence-electron chi connectivity index (χ1n) is 9.76. The van der Waals surface area contributed by atoms with Crippen molar-refractivity contribution >= 4 is 50.6 Å². The molecule has 3 aromatic heterocycles. The molecule has 0 bridgehead atoms. The van der Waals surface area contributed by atoms with E-state index in [0.717, 1.165) is 0 Å². The van der Waals surface area contributed by atoms with Crippen molar-refractivity contribution in [2.24, 2.45) is 0 Å². The molecule has 2 N–H and O–H groups in total. The summed E-state index contributed by atoms with van der Waals surface area (Å²) in [6.07, 6.45) is 0.469. The van der Waals surface area contributed by atoms with Gasteiger partial charge in [-0.1, -0.05) is 28.6 Å². The SMILES string of the molecule is CCO[C@@H]1[C@@H](n2cc(-c3nc(Cl)cs3)nn2)[C@@H](O)[C@@H](CO)O[C@@H]1Sc1cc(Br)cnc1C#N. The molecule has 0 unspecified atom stereocenters. The Morgan fingerprint density at radius 2 is 2.30 bits per heavy atom. The monoisotopic (exact) mass is 572 g/mol. The van der Waals surface area contributed by atoms with Crippen LogP contribution in [-0.4, -0.2) is 72.1 Å². The number of halogens is 2. The van der Waals surface area contributed by atoms with E-state index in [1.54, 1.807) is 17.6 Å². The molecule has 4 rings (SSSR count). The van der Waals surface area contributed by atoms with Gasteiger partial charge in [0.1, 0.15) is 51.7 Å². The van der Waals surface area contributed by atoms with Gasteiger partial charge in [0.25, 0.3) is 0 Å². The maximum Gasteiger partial charge on any atom is 0.154 e. The van der Waals surface area contributed by atoms with Crippen LogP contribution < -0.4 is 0 Å². The number of pyridine rings is 1. The van der Waals surface area contributed by atoms with E-state index >= 15 is 0 Å². The minimum absolute atomic E-state index is 0.231. The number of hydrogen-bond donors (Lipinski definition) is 2. The number of nitriles is 1. The molecule has 0 saturated carbocycles. The highest BCUT2D eigenvalue weighted by molar-refractivity contribution is 9.10. The normalized spacial score (nSPS) is 25.2. The Morgan fingerprint density at radius 3 is 2.97 bits per heavy atom. The Morgan fingerprint density at radius 1 is 1.48 bits per heavy atom. The molecule has 1 aliphatic rings. The Balaban J connectivity index is 1.70. The molecule has 174 valence electrons. The standard InChI is InChI=1S/C19H18BrClN6O4S2/c1-2-30-17-15(27-6-11(25-26-27)18-24-14(21)8-32-18)16(29)12(7-28)31-19(17)33-13-3-9(20)5-23-10(13)4-22/h3,5-6,8,12,15-17,19,28-29H,2,7H2,1H3/t12-,15+,16+,17-,19-/m1/s1. The third-order valence-electron chi connectivity index (χ3n) is 4.86. The Labute approximate surface area is 210 Å². The van der Waals surface area contributed by atoms with Gasteiger partial charge in [-0.05, 0) is 28.9 Å². The first-order chi connectivity index (χ1) is 15.9. The molecule has 0 aromatic carbocycles. The van der Waals surface area contributed by atoms with E-state index in [4.69, 9.17) is 21.1 Å². The van der Waals surface area contributed by atoms with E-state index in [9.17, 15) is 15.5 Å². The van der Waals surface area contributed by atoms with Gasteiger partial charge in [-0.3, -0.25) is 0 Å². The first-order valence-corrected chi connectivity index (χ1v) is 12.7. The van der Waals surface area contributed by atoms with Crippen LogP contribution in [0.1, 0.15) is 18.7 Å². The lowest BCUT2D eigenvalue weighted by Crippen LogP contribution is -2.55. The summed E-state index contributed by atoms with van der Waals surface area (Å²) in [6.45, 7) is 1.75. The van der Waals surface area contributed by atoms with Crippen LogP contribution in [0.4, 0.5) is 0 Å². The van der Waals surface area contributed by atoms with Gasteiger partial charge in [-0.2, -0.15) is 5.26 Å². The molecule has 1 saturated heterocycles. The summed E-state index contributed by atoms with van der Waals surface area (Å²) in [4.78, 5) is 8.92. The number of aliphatic hydroxyl groups excluding tert-OH is 2. The highest BCUT2D eigenvalue weighted by Crippen LogP contribution is 2.41. The van der Waals surface area contributed by atoms with Gasteiger partial charge < -0.3 is 19.7 Å². The van der Waals surface area contributed by atoms with Crippen molar-refractivity contribution in [3.05, 3.63) is 39.2 Å². The number of aliphatic hydroxyl groups is 2. The molecule has 5 atom stereocenters. The summed E-state index contributed by atoms with van der Waals surface area (Å²) < 4.78 is 14.2. The Kier molecular flexibility index (Phi) is 7.98. The number of aromatic nitrogens is 5. The average Bonchev–Trinajstić information content (AvgIpc) is 3.45. The van der Waals surface area contributed by atoms with Crippen molar-refractivity contribution in [2.45, 2.75) is 41.6 Å². The maximum atomic E-state index is 11.0. The fraction of sp³-hybridized carbons (Fsp3) is 0.421. The van der Waals surface area contributed by atoms with Gasteiger partial charge in [0.15, 0.2) is 5.69 Å². The predicted molar refractivity (Wildman–Crippen MR) is 125 cm³/mol.